The molecule has 9 nitrogen and oxygen atoms in total. The second-order valence-corrected chi connectivity index (χ2v) is 17.9. The lowest BCUT2D eigenvalue weighted by Gasteiger charge is -2.35. The van der Waals surface area contributed by atoms with Crippen molar-refractivity contribution in [2.24, 2.45) is 11.8 Å². The van der Waals surface area contributed by atoms with Gasteiger partial charge in [-0.3, -0.25) is 0 Å². The summed E-state index contributed by atoms with van der Waals surface area (Å²) in [7, 11) is -3.60. The number of hydrogen-bond donors (Lipinski definition) is 0. The monoisotopic (exact) mass is 673 g/mol. The summed E-state index contributed by atoms with van der Waals surface area (Å²) in [6, 6.07) is 17.2. The van der Waals surface area contributed by atoms with Crippen LogP contribution in [-0.4, -0.2) is 108 Å². The van der Waals surface area contributed by atoms with Gasteiger partial charge >= 0.3 is 0 Å². The maximum atomic E-state index is 14.2. The van der Waals surface area contributed by atoms with Crippen LogP contribution in [0.1, 0.15) is 69.8 Å². The van der Waals surface area contributed by atoms with E-state index in [9.17, 15) is 16.8 Å². The Morgan fingerprint density at radius 1 is 0.674 bits per heavy atom. The van der Waals surface area contributed by atoms with Gasteiger partial charge in [0.25, 0.3) is 10.2 Å². The Morgan fingerprint density at radius 3 is 1.93 bits per heavy atom. The van der Waals surface area contributed by atoms with Gasteiger partial charge in [0.05, 0.1) is 4.90 Å². The summed E-state index contributed by atoms with van der Waals surface area (Å²) in [6.07, 6.45) is 8.69. The molecule has 0 aromatic heterocycles. The number of nitrogens with zero attached hydrogens (tertiary/aromatic N) is 5. The van der Waals surface area contributed by atoms with Gasteiger partial charge in [-0.1, -0.05) is 56.5 Å². The van der Waals surface area contributed by atoms with Crippen molar-refractivity contribution in [1.29, 1.82) is 0 Å². The Labute approximate surface area is 278 Å². The van der Waals surface area contributed by atoms with Crippen LogP contribution in [0.3, 0.4) is 0 Å². The average molecular weight is 674 g/mol. The van der Waals surface area contributed by atoms with Crippen LogP contribution in [0.4, 0.5) is 5.69 Å². The average Bonchev–Trinajstić information content (AvgIpc) is 3.56. The van der Waals surface area contributed by atoms with Crippen LogP contribution in [0.15, 0.2) is 59.5 Å². The Bertz CT molecular complexity index is 1450. The van der Waals surface area contributed by atoms with E-state index in [1.165, 1.54) is 37.7 Å². The van der Waals surface area contributed by atoms with Crippen LogP contribution >= 0.6 is 0 Å². The molecule has 3 fully saturated rings. The van der Waals surface area contributed by atoms with Crippen LogP contribution in [0, 0.1) is 11.8 Å². The largest absolute Gasteiger partial charge is 0.378 e. The molecule has 3 aliphatic rings. The quantitative estimate of drug-likeness (QED) is 0.388. The molecule has 5 rings (SSSR count). The summed E-state index contributed by atoms with van der Waals surface area (Å²) in [5.41, 5.74) is 2.12. The Hall–Kier alpha value is -2.02. The lowest BCUT2D eigenvalue weighted by atomic mass is 9.89. The maximum Gasteiger partial charge on any atom is 0.282 e. The van der Waals surface area contributed by atoms with Crippen molar-refractivity contribution in [1.82, 2.24) is 17.8 Å². The summed E-state index contributed by atoms with van der Waals surface area (Å²) in [4.78, 5) is 4.71. The van der Waals surface area contributed by atoms with E-state index in [-0.39, 0.29) is 23.3 Å². The summed E-state index contributed by atoms with van der Waals surface area (Å²) in [6.45, 7) is 7.04. The first-order chi connectivity index (χ1) is 22.0. The fourth-order valence-corrected chi connectivity index (χ4v) is 10.9. The molecule has 2 aromatic carbocycles. The Kier molecular flexibility index (Phi) is 12.2. The van der Waals surface area contributed by atoms with Crippen LogP contribution < -0.4 is 4.90 Å². The van der Waals surface area contributed by atoms with Gasteiger partial charge in [-0.05, 0) is 92.8 Å². The molecule has 1 saturated carbocycles. The highest BCUT2D eigenvalue weighted by molar-refractivity contribution is 7.89. The van der Waals surface area contributed by atoms with E-state index < -0.39 is 20.2 Å². The zero-order valence-corrected chi connectivity index (χ0v) is 29.8. The molecule has 1 aliphatic carbocycles. The zero-order valence-electron chi connectivity index (χ0n) is 28.1. The minimum Gasteiger partial charge on any atom is -0.378 e. The van der Waals surface area contributed by atoms with E-state index in [4.69, 9.17) is 0 Å². The number of anilines is 1. The van der Waals surface area contributed by atoms with E-state index in [1.54, 1.807) is 25.0 Å². The summed E-state index contributed by atoms with van der Waals surface area (Å²) < 4.78 is 61.4. The van der Waals surface area contributed by atoms with Crippen LogP contribution in [-0.2, 0) is 20.2 Å². The molecule has 2 heterocycles. The minimum atomic E-state index is -3.76. The van der Waals surface area contributed by atoms with Crippen molar-refractivity contribution in [3.05, 3.63) is 60.2 Å². The molecule has 256 valence electrons. The highest BCUT2D eigenvalue weighted by Gasteiger charge is 2.37. The molecule has 0 amide bonds. The van der Waals surface area contributed by atoms with Crippen molar-refractivity contribution in [3.63, 3.8) is 0 Å². The first kappa shape index (κ1) is 35.3. The second-order valence-electron chi connectivity index (χ2n) is 14.0. The molecule has 0 bridgehead atoms. The lowest BCUT2D eigenvalue weighted by Crippen LogP contribution is -2.48. The molecule has 2 atom stereocenters. The van der Waals surface area contributed by atoms with E-state index in [0.29, 0.717) is 38.6 Å². The van der Waals surface area contributed by atoms with Crippen LogP contribution in [0.25, 0.3) is 0 Å². The molecular weight excluding hydrogens is 619 g/mol. The Balaban J connectivity index is 1.36. The molecule has 0 radical (unpaired) electrons. The molecule has 2 aliphatic heterocycles. The fraction of sp³-hybridized carbons (Fsp3) is 0.657. The molecule has 0 N–H and O–H groups in total. The molecular formula is C35H55N5O4S2. The maximum absolute atomic E-state index is 14.2. The summed E-state index contributed by atoms with van der Waals surface area (Å²) in [5.74, 6) is 0.679. The number of benzene rings is 2. The van der Waals surface area contributed by atoms with E-state index in [1.807, 2.05) is 56.3 Å². The predicted molar refractivity (Wildman–Crippen MR) is 187 cm³/mol. The Morgan fingerprint density at radius 2 is 1.28 bits per heavy atom. The van der Waals surface area contributed by atoms with Gasteiger partial charge in [-0.2, -0.15) is 21.3 Å². The van der Waals surface area contributed by atoms with Gasteiger partial charge in [0.2, 0.25) is 10.0 Å². The number of rotatable bonds is 8. The van der Waals surface area contributed by atoms with Crippen LogP contribution in [0.5, 0.6) is 0 Å². The fourth-order valence-electron chi connectivity index (χ4n) is 7.50. The van der Waals surface area contributed by atoms with Gasteiger partial charge < -0.3 is 9.80 Å². The van der Waals surface area contributed by atoms with Crippen molar-refractivity contribution < 1.29 is 16.8 Å². The molecule has 11 heteroatoms. The van der Waals surface area contributed by atoms with Gasteiger partial charge in [0.1, 0.15) is 0 Å². The zero-order chi connectivity index (χ0) is 32.7. The SMILES string of the molecule is C[C@H]1CN(S(=O)(=O)c2ccc(N(C)C)cc2)CCCN(CC2CCCCC2)CCCN(S(=O)(=O)N2CC[C@H](c3ccccc3)C2)C1. The van der Waals surface area contributed by atoms with Crippen LogP contribution in [0.2, 0.25) is 0 Å². The second kappa shape index (κ2) is 15.9. The highest BCUT2D eigenvalue weighted by atomic mass is 32.2. The van der Waals surface area contributed by atoms with Gasteiger partial charge in [0, 0.05) is 65.6 Å². The third kappa shape index (κ3) is 8.90. The van der Waals surface area contributed by atoms with Crippen molar-refractivity contribution in [2.45, 2.75) is 69.1 Å². The summed E-state index contributed by atoms with van der Waals surface area (Å²) in [5, 5.41) is 0. The predicted octanol–water partition coefficient (Wildman–Crippen LogP) is 5.09. The van der Waals surface area contributed by atoms with Crippen molar-refractivity contribution >= 4 is 25.9 Å². The topological polar surface area (TPSA) is 84.5 Å². The molecule has 0 unspecified atom stereocenters. The first-order valence-corrected chi connectivity index (χ1v) is 20.2. The minimum absolute atomic E-state index is 0.170. The molecule has 2 saturated heterocycles. The van der Waals surface area contributed by atoms with Gasteiger partial charge in [-0.15, -0.1) is 0 Å². The van der Waals surface area contributed by atoms with Crippen molar-refractivity contribution in [3.8, 4) is 0 Å². The molecule has 0 spiro atoms. The smallest absolute Gasteiger partial charge is 0.282 e. The first-order valence-electron chi connectivity index (χ1n) is 17.3. The molecule has 2 aromatic rings. The summed E-state index contributed by atoms with van der Waals surface area (Å²) >= 11 is 0. The standard InChI is InChI=1S/C35H55N5O4S2/c1-30-26-38(45(41,42)35-18-16-34(17-19-35)36(2)3)23-10-21-37(28-31-12-6-4-7-13-31)22-11-24-39(27-30)46(43,44)40-25-20-33(29-40)32-14-8-5-9-15-32/h5,8-9,14-19,30-31,33H,4,6-7,10-13,20-29H2,1-3H3/t30-,33-/m0/s1. The number of sulfonamides is 1. The van der Waals surface area contributed by atoms with E-state index >= 15 is 0 Å². The van der Waals surface area contributed by atoms with Gasteiger partial charge in [0.15, 0.2) is 0 Å². The number of hydrogen-bond acceptors (Lipinski definition) is 6. The van der Waals surface area contributed by atoms with E-state index in [2.05, 4.69) is 17.0 Å². The third-order valence-corrected chi connectivity index (χ3v) is 13.9. The normalized spacial score (nSPS) is 24.8. The third-order valence-electron chi connectivity index (χ3n) is 10.1. The van der Waals surface area contributed by atoms with E-state index in [0.717, 1.165) is 44.6 Å². The highest BCUT2D eigenvalue weighted by Crippen LogP contribution is 2.31. The lowest BCUT2D eigenvalue weighted by molar-refractivity contribution is 0.180. The van der Waals surface area contributed by atoms with Crippen molar-refractivity contribution in [2.75, 3.05) is 77.9 Å². The molecule has 46 heavy (non-hydrogen) atoms. The van der Waals surface area contributed by atoms with Gasteiger partial charge in [-0.25, -0.2) is 8.42 Å².